The van der Waals surface area contributed by atoms with Gasteiger partial charge in [0.25, 0.3) is 0 Å². The van der Waals surface area contributed by atoms with Crippen molar-refractivity contribution in [3.8, 4) is 0 Å². The molecule has 1 N–H and O–H groups in total. The molecular weight excluding hydrogens is 435 g/mol. The van der Waals surface area contributed by atoms with Crippen LogP contribution in [0.2, 0.25) is 0 Å². The van der Waals surface area contributed by atoms with Crippen LogP contribution in [-0.2, 0) is 35.8 Å². The maximum absolute atomic E-state index is 13.9. The van der Waals surface area contributed by atoms with E-state index in [4.69, 9.17) is 0 Å². The van der Waals surface area contributed by atoms with E-state index in [1.807, 2.05) is 6.92 Å². The summed E-state index contributed by atoms with van der Waals surface area (Å²) < 4.78 is 42.2. The van der Waals surface area contributed by atoms with E-state index >= 15 is 0 Å². The fourth-order valence-corrected chi connectivity index (χ4v) is 4.96. The minimum atomic E-state index is -4.55. The van der Waals surface area contributed by atoms with E-state index in [1.165, 1.54) is 23.2 Å². The number of nitrogens with zero attached hydrogens (tertiary/aromatic N) is 3. The standard InChI is InChI=1S/C24H20F3N3O3/c1-2-7-29-13-18(12-28-29)30-20-9-17(24(25,26)27)5-6-19(20)23(22(30)33)10-15-4-3-14(21(31)32)8-16(15)11-23/h3-6,8-9,12-13H,2,7,10-11H2,1H3,(H,31,32). The van der Waals surface area contributed by atoms with Crippen LogP contribution < -0.4 is 4.90 Å². The van der Waals surface area contributed by atoms with Crippen LogP contribution in [0, 0.1) is 0 Å². The first-order valence-electron chi connectivity index (χ1n) is 10.6. The van der Waals surface area contributed by atoms with Crippen LogP contribution >= 0.6 is 0 Å². The predicted octanol–water partition coefficient (Wildman–Crippen LogP) is 4.73. The lowest BCUT2D eigenvalue weighted by Gasteiger charge is -2.23. The van der Waals surface area contributed by atoms with Crippen molar-refractivity contribution in [1.29, 1.82) is 0 Å². The van der Waals surface area contributed by atoms with Gasteiger partial charge in [-0.2, -0.15) is 18.3 Å². The maximum atomic E-state index is 13.9. The van der Waals surface area contributed by atoms with Gasteiger partial charge in [-0.05, 0) is 60.2 Å². The van der Waals surface area contributed by atoms with Gasteiger partial charge in [0.05, 0.1) is 34.1 Å². The molecule has 5 rings (SSSR count). The highest BCUT2D eigenvalue weighted by molar-refractivity contribution is 6.13. The summed E-state index contributed by atoms with van der Waals surface area (Å²) in [6.07, 6.45) is -0.0778. The first-order valence-corrected chi connectivity index (χ1v) is 10.6. The SMILES string of the molecule is CCCn1cc(N2C(=O)C3(Cc4ccc(C(=O)O)cc4C3)c3ccc(C(F)(F)F)cc32)cn1. The molecule has 33 heavy (non-hydrogen) atoms. The molecule has 0 fully saturated rings. The maximum Gasteiger partial charge on any atom is 0.416 e. The molecule has 2 aromatic carbocycles. The Balaban J connectivity index is 1.65. The zero-order chi connectivity index (χ0) is 23.5. The fraction of sp³-hybridized carbons (Fsp3) is 0.292. The molecule has 170 valence electrons. The van der Waals surface area contributed by atoms with Gasteiger partial charge in [-0.15, -0.1) is 0 Å². The predicted molar refractivity (Wildman–Crippen MR) is 114 cm³/mol. The number of alkyl halides is 3. The van der Waals surface area contributed by atoms with Gasteiger partial charge in [0, 0.05) is 12.7 Å². The van der Waals surface area contributed by atoms with Crippen molar-refractivity contribution in [2.24, 2.45) is 0 Å². The summed E-state index contributed by atoms with van der Waals surface area (Å²) >= 11 is 0. The number of hydrogen-bond acceptors (Lipinski definition) is 3. The molecule has 1 amide bonds. The van der Waals surface area contributed by atoms with Crippen LogP contribution in [0.25, 0.3) is 0 Å². The van der Waals surface area contributed by atoms with Crippen LogP contribution in [0.5, 0.6) is 0 Å². The number of hydrogen-bond donors (Lipinski definition) is 1. The van der Waals surface area contributed by atoms with E-state index in [9.17, 15) is 27.9 Å². The highest BCUT2D eigenvalue weighted by Crippen LogP contribution is 2.53. The minimum Gasteiger partial charge on any atom is -0.478 e. The van der Waals surface area contributed by atoms with Crippen molar-refractivity contribution in [1.82, 2.24) is 9.78 Å². The summed E-state index contributed by atoms with van der Waals surface area (Å²) in [4.78, 5) is 26.6. The molecule has 1 spiro atoms. The molecule has 3 aromatic rings. The second-order valence-corrected chi connectivity index (χ2v) is 8.56. The van der Waals surface area contributed by atoms with Gasteiger partial charge < -0.3 is 5.11 Å². The third kappa shape index (κ3) is 3.21. The van der Waals surface area contributed by atoms with Crippen molar-refractivity contribution in [2.45, 2.75) is 44.3 Å². The van der Waals surface area contributed by atoms with Gasteiger partial charge in [-0.25, -0.2) is 4.79 Å². The van der Waals surface area contributed by atoms with Gasteiger partial charge in [0.1, 0.15) is 0 Å². The Bertz CT molecular complexity index is 1300. The Morgan fingerprint density at radius 3 is 2.61 bits per heavy atom. The molecule has 6 nitrogen and oxygen atoms in total. The topological polar surface area (TPSA) is 75.4 Å². The summed E-state index contributed by atoms with van der Waals surface area (Å²) in [6, 6.07) is 8.13. The molecule has 0 bridgehead atoms. The number of carbonyl (C=O) groups is 2. The van der Waals surface area contributed by atoms with Crippen molar-refractivity contribution in [3.63, 3.8) is 0 Å². The number of carboxylic acid groups (broad SMARTS) is 1. The van der Waals surface area contributed by atoms with E-state index in [0.717, 1.165) is 29.7 Å². The molecule has 0 saturated heterocycles. The molecule has 0 radical (unpaired) electrons. The van der Waals surface area contributed by atoms with Crippen LogP contribution in [-0.4, -0.2) is 26.8 Å². The number of halogens is 3. The van der Waals surface area contributed by atoms with Gasteiger partial charge in [0.2, 0.25) is 5.91 Å². The molecule has 1 aromatic heterocycles. The van der Waals surface area contributed by atoms with Gasteiger partial charge >= 0.3 is 12.1 Å². The number of aromatic nitrogens is 2. The van der Waals surface area contributed by atoms with Gasteiger partial charge in [-0.3, -0.25) is 14.4 Å². The average Bonchev–Trinajstić information content (AvgIpc) is 3.43. The Hall–Kier alpha value is -3.62. The summed E-state index contributed by atoms with van der Waals surface area (Å²) in [7, 11) is 0. The molecular formula is C24H20F3N3O3. The van der Waals surface area contributed by atoms with Crippen molar-refractivity contribution < 1.29 is 27.9 Å². The number of anilines is 2. The van der Waals surface area contributed by atoms with Crippen LogP contribution in [0.3, 0.4) is 0 Å². The van der Waals surface area contributed by atoms with Crippen molar-refractivity contribution in [2.75, 3.05) is 4.90 Å². The lowest BCUT2D eigenvalue weighted by molar-refractivity contribution is -0.137. The second kappa shape index (κ2) is 7.19. The van der Waals surface area contributed by atoms with Crippen molar-refractivity contribution >= 4 is 23.3 Å². The highest BCUT2D eigenvalue weighted by atomic mass is 19.4. The van der Waals surface area contributed by atoms with E-state index in [-0.39, 0.29) is 23.6 Å². The number of rotatable bonds is 4. The number of amides is 1. The molecule has 9 heteroatoms. The third-order valence-corrected chi connectivity index (χ3v) is 6.46. The summed E-state index contributed by atoms with van der Waals surface area (Å²) in [5, 5.41) is 13.6. The lowest BCUT2D eigenvalue weighted by Crippen LogP contribution is -2.39. The largest absolute Gasteiger partial charge is 0.478 e. The number of carbonyl (C=O) groups excluding carboxylic acids is 1. The number of benzene rings is 2. The first-order chi connectivity index (χ1) is 15.6. The van der Waals surface area contributed by atoms with E-state index in [0.29, 0.717) is 24.2 Å². The molecule has 2 heterocycles. The zero-order valence-electron chi connectivity index (χ0n) is 17.7. The number of aryl methyl sites for hydroxylation is 1. The van der Waals surface area contributed by atoms with Crippen molar-refractivity contribution in [3.05, 3.63) is 76.6 Å². The van der Waals surface area contributed by atoms with E-state index in [2.05, 4.69) is 5.10 Å². The third-order valence-electron chi connectivity index (χ3n) is 6.46. The normalized spacial score (nSPS) is 19.3. The zero-order valence-corrected chi connectivity index (χ0v) is 17.7. The smallest absolute Gasteiger partial charge is 0.416 e. The number of aromatic carboxylic acids is 1. The van der Waals surface area contributed by atoms with Crippen LogP contribution in [0.15, 0.2) is 48.8 Å². The van der Waals surface area contributed by atoms with Gasteiger partial charge in [0.15, 0.2) is 0 Å². The first kappa shape index (κ1) is 21.2. The second-order valence-electron chi connectivity index (χ2n) is 8.56. The molecule has 2 aliphatic rings. The molecule has 1 aliphatic heterocycles. The molecule has 1 aliphatic carbocycles. The molecule has 1 unspecified atom stereocenters. The Labute approximate surface area is 187 Å². The lowest BCUT2D eigenvalue weighted by atomic mass is 9.78. The summed E-state index contributed by atoms with van der Waals surface area (Å²) in [5.74, 6) is -1.40. The Morgan fingerprint density at radius 1 is 1.15 bits per heavy atom. The number of carboxylic acids is 1. The summed E-state index contributed by atoms with van der Waals surface area (Å²) in [6.45, 7) is 2.59. The average molecular weight is 455 g/mol. The minimum absolute atomic E-state index is 0.113. The van der Waals surface area contributed by atoms with Gasteiger partial charge in [-0.1, -0.05) is 19.1 Å². The quantitative estimate of drug-likeness (QED) is 0.618. The molecule has 1 atom stereocenters. The Morgan fingerprint density at radius 2 is 1.91 bits per heavy atom. The number of fused-ring (bicyclic) bond motifs is 3. The van der Waals surface area contributed by atoms with E-state index < -0.39 is 23.1 Å². The highest BCUT2D eigenvalue weighted by Gasteiger charge is 2.55. The molecule has 0 saturated carbocycles. The monoisotopic (exact) mass is 455 g/mol. The summed E-state index contributed by atoms with van der Waals surface area (Å²) in [5.41, 5.74) is 0.843. The Kier molecular flexibility index (Phi) is 4.63. The van der Waals surface area contributed by atoms with Crippen LogP contribution in [0.1, 0.15) is 46.0 Å². The van der Waals surface area contributed by atoms with E-state index in [1.54, 1.807) is 23.0 Å². The fourth-order valence-electron chi connectivity index (χ4n) is 4.96. The van der Waals surface area contributed by atoms with Crippen LogP contribution in [0.4, 0.5) is 24.5 Å².